The van der Waals surface area contributed by atoms with E-state index in [9.17, 15) is 9.90 Å². The Bertz CT molecular complexity index is 399. The van der Waals surface area contributed by atoms with Crippen LogP contribution in [0.2, 0.25) is 10.0 Å². The van der Waals surface area contributed by atoms with E-state index in [0.29, 0.717) is 5.56 Å². The third-order valence-electron chi connectivity index (χ3n) is 2.11. The molecule has 1 atom stereocenters. The molecule has 1 heterocycles. The first kappa shape index (κ1) is 10.4. The number of carbonyl (C=O) groups excluding carboxylic acids is 1. The first-order chi connectivity index (χ1) is 7.08. The van der Waals surface area contributed by atoms with Gasteiger partial charge in [0.15, 0.2) is 5.75 Å². The highest BCUT2D eigenvalue weighted by atomic mass is 35.5. The van der Waals surface area contributed by atoms with Gasteiger partial charge in [0.05, 0.1) is 16.1 Å². The highest BCUT2D eigenvalue weighted by molar-refractivity contribution is 6.37. The maximum absolute atomic E-state index is 10.8. The molecule has 1 fully saturated rings. The van der Waals surface area contributed by atoms with Crippen LogP contribution in [0.25, 0.3) is 0 Å². The van der Waals surface area contributed by atoms with Crippen molar-refractivity contribution < 1.29 is 14.6 Å². The van der Waals surface area contributed by atoms with Gasteiger partial charge in [0.25, 0.3) is 0 Å². The maximum atomic E-state index is 10.8. The molecule has 6 heteroatoms. The number of carbonyl (C=O) groups is 1. The average molecular weight is 248 g/mol. The fourth-order valence-corrected chi connectivity index (χ4v) is 1.85. The molecule has 0 radical (unpaired) electrons. The largest absolute Gasteiger partial charge is 0.505 e. The number of benzene rings is 1. The number of alkyl carbamates (subject to hydrolysis) is 1. The number of hydrogen-bond acceptors (Lipinski definition) is 3. The van der Waals surface area contributed by atoms with Crippen molar-refractivity contribution in [3.63, 3.8) is 0 Å². The van der Waals surface area contributed by atoms with Gasteiger partial charge in [-0.2, -0.15) is 0 Å². The number of phenolic OH excluding ortho intramolecular Hbond substituents is 1. The second-order valence-corrected chi connectivity index (χ2v) is 3.94. The Morgan fingerprint density at radius 2 is 2.00 bits per heavy atom. The summed E-state index contributed by atoms with van der Waals surface area (Å²) in [4.78, 5) is 10.8. The lowest BCUT2D eigenvalue weighted by molar-refractivity contribution is 0.177. The van der Waals surface area contributed by atoms with Crippen LogP contribution >= 0.6 is 23.2 Å². The Labute approximate surface area is 95.7 Å². The minimum atomic E-state index is -0.472. The molecule has 0 saturated carbocycles. The monoisotopic (exact) mass is 247 g/mol. The number of hydrogen-bond donors (Lipinski definition) is 2. The Hall–Kier alpha value is -1.13. The van der Waals surface area contributed by atoms with Crippen LogP contribution in [-0.2, 0) is 4.74 Å². The van der Waals surface area contributed by atoms with E-state index in [1.807, 2.05) is 0 Å². The van der Waals surface area contributed by atoms with Gasteiger partial charge >= 0.3 is 6.09 Å². The zero-order valence-electron chi connectivity index (χ0n) is 7.46. The fraction of sp³-hybridized carbons (Fsp3) is 0.222. The van der Waals surface area contributed by atoms with Gasteiger partial charge in [-0.25, -0.2) is 4.79 Å². The Morgan fingerprint density at radius 3 is 2.47 bits per heavy atom. The van der Waals surface area contributed by atoms with Crippen LogP contribution in [0.4, 0.5) is 4.79 Å². The topological polar surface area (TPSA) is 58.6 Å². The number of nitrogens with one attached hydrogen (secondary N) is 1. The highest BCUT2D eigenvalue weighted by Crippen LogP contribution is 2.35. The van der Waals surface area contributed by atoms with Gasteiger partial charge in [-0.05, 0) is 17.7 Å². The van der Waals surface area contributed by atoms with Gasteiger partial charge in [0.2, 0.25) is 0 Å². The van der Waals surface area contributed by atoms with Crippen LogP contribution in [0.1, 0.15) is 11.6 Å². The van der Waals surface area contributed by atoms with Crippen molar-refractivity contribution in [2.75, 3.05) is 6.61 Å². The first-order valence-electron chi connectivity index (χ1n) is 4.19. The molecular formula is C9H7Cl2NO3. The lowest BCUT2D eigenvalue weighted by Gasteiger charge is -2.09. The summed E-state index contributed by atoms with van der Waals surface area (Å²) in [5.41, 5.74) is 0.702. The molecule has 15 heavy (non-hydrogen) atoms. The van der Waals surface area contributed by atoms with E-state index in [1.54, 1.807) is 12.1 Å². The van der Waals surface area contributed by atoms with Gasteiger partial charge < -0.3 is 15.2 Å². The molecule has 1 amide bonds. The second kappa shape index (κ2) is 3.79. The van der Waals surface area contributed by atoms with Crippen molar-refractivity contribution in [2.24, 2.45) is 0 Å². The zero-order valence-corrected chi connectivity index (χ0v) is 8.97. The summed E-state index contributed by atoms with van der Waals surface area (Å²) < 4.78 is 4.73. The quantitative estimate of drug-likeness (QED) is 0.802. The van der Waals surface area contributed by atoms with E-state index in [0.717, 1.165) is 0 Å². The van der Waals surface area contributed by atoms with Gasteiger partial charge in [0.1, 0.15) is 6.61 Å². The smallest absolute Gasteiger partial charge is 0.407 e. The number of phenols is 1. The van der Waals surface area contributed by atoms with Gasteiger partial charge in [-0.3, -0.25) is 0 Å². The minimum absolute atomic E-state index is 0.152. The molecule has 1 aliphatic heterocycles. The number of halogens is 2. The lowest BCUT2D eigenvalue weighted by Crippen LogP contribution is -2.18. The highest BCUT2D eigenvalue weighted by Gasteiger charge is 2.25. The normalized spacial score (nSPS) is 19.9. The summed E-state index contributed by atoms with van der Waals surface area (Å²) in [6.45, 7) is 0.232. The Kier molecular flexibility index (Phi) is 2.63. The van der Waals surface area contributed by atoms with Crippen LogP contribution in [0.15, 0.2) is 12.1 Å². The number of cyclic esters (lactones) is 1. The van der Waals surface area contributed by atoms with Crippen LogP contribution < -0.4 is 5.32 Å². The molecule has 1 aromatic rings. The predicted octanol–water partition coefficient (Wildman–Crippen LogP) is 2.48. The van der Waals surface area contributed by atoms with Crippen molar-refractivity contribution in [3.8, 4) is 5.75 Å². The number of rotatable bonds is 1. The predicted molar refractivity (Wildman–Crippen MR) is 55.4 cm³/mol. The van der Waals surface area contributed by atoms with E-state index >= 15 is 0 Å². The second-order valence-electron chi connectivity index (χ2n) is 3.13. The molecule has 0 bridgehead atoms. The number of aromatic hydroxyl groups is 1. The minimum Gasteiger partial charge on any atom is -0.505 e. The number of ether oxygens (including phenoxy) is 1. The molecule has 0 unspecified atom stereocenters. The summed E-state index contributed by atoms with van der Waals surface area (Å²) >= 11 is 11.5. The van der Waals surface area contributed by atoms with E-state index in [1.165, 1.54) is 0 Å². The van der Waals surface area contributed by atoms with Crippen LogP contribution in [0, 0.1) is 0 Å². The molecule has 80 valence electrons. The van der Waals surface area contributed by atoms with Crippen LogP contribution in [0.3, 0.4) is 0 Å². The summed E-state index contributed by atoms with van der Waals surface area (Å²) in [5, 5.41) is 12.2. The zero-order chi connectivity index (χ0) is 11.0. The molecule has 1 aromatic carbocycles. The maximum Gasteiger partial charge on any atom is 0.407 e. The molecule has 2 rings (SSSR count). The number of amides is 1. The van der Waals surface area contributed by atoms with Crippen molar-refractivity contribution in [1.29, 1.82) is 0 Å². The van der Waals surface area contributed by atoms with Crippen molar-refractivity contribution in [1.82, 2.24) is 5.32 Å². The molecular weight excluding hydrogens is 241 g/mol. The van der Waals surface area contributed by atoms with E-state index in [4.69, 9.17) is 27.9 Å². The molecule has 1 aliphatic rings. The van der Waals surface area contributed by atoms with Crippen molar-refractivity contribution >= 4 is 29.3 Å². The SMILES string of the molecule is O=C1N[C@H](c2cc(Cl)c(O)c(Cl)c2)CO1. The third-order valence-corrected chi connectivity index (χ3v) is 2.69. The van der Waals surface area contributed by atoms with Crippen LogP contribution in [0.5, 0.6) is 5.75 Å². The molecule has 4 nitrogen and oxygen atoms in total. The van der Waals surface area contributed by atoms with E-state index in [-0.39, 0.29) is 28.4 Å². The molecule has 0 aromatic heterocycles. The first-order valence-corrected chi connectivity index (χ1v) is 4.94. The Balaban J connectivity index is 2.33. The fourth-order valence-electron chi connectivity index (χ4n) is 1.35. The standard InChI is InChI=1S/C9H7Cl2NO3/c10-5-1-4(2-6(11)8(5)13)7-3-15-9(14)12-7/h1-2,7,13H,3H2,(H,12,14)/t7-/m0/s1. The average Bonchev–Trinajstić information content (AvgIpc) is 2.60. The van der Waals surface area contributed by atoms with Crippen LogP contribution in [-0.4, -0.2) is 17.8 Å². The molecule has 1 saturated heterocycles. The summed E-state index contributed by atoms with van der Waals surface area (Å²) in [6, 6.07) is 2.82. The van der Waals surface area contributed by atoms with E-state index < -0.39 is 6.09 Å². The van der Waals surface area contributed by atoms with E-state index in [2.05, 4.69) is 5.32 Å². The Morgan fingerprint density at radius 1 is 1.40 bits per heavy atom. The van der Waals surface area contributed by atoms with Gasteiger partial charge in [-0.15, -0.1) is 0 Å². The molecule has 0 aliphatic carbocycles. The van der Waals surface area contributed by atoms with Gasteiger partial charge in [0, 0.05) is 0 Å². The van der Waals surface area contributed by atoms with Crippen molar-refractivity contribution in [3.05, 3.63) is 27.7 Å². The van der Waals surface area contributed by atoms with Crippen molar-refractivity contribution in [2.45, 2.75) is 6.04 Å². The van der Waals surface area contributed by atoms with Gasteiger partial charge in [-0.1, -0.05) is 23.2 Å². The summed E-state index contributed by atoms with van der Waals surface area (Å²) in [6.07, 6.45) is -0.472. The molecule has 0 spiro atoms. The summed E-state index contributed by atoms with van der Waals surface area (Å²) in [5.74, 6) is -0.160. The lowest BCUT2D eigenvalue weighted by atomic mass is 10.1. The molecule has 2 N–H and O–H groups in total. The third kappa shape index (κ3) is 1.96. The summed E-state index contributed by atoms with van der Waals surface area (Å²) in [7, 11) is 0.